The summed E-state index contributed by atoms with van der Waals surface area (Å²) in [5, 5.41) is 6.60. The summed E-state index contributed by atoms with van der Waals surface area (Å²) in [6.45, 7) is 3.74. The Labute approximate surface area is 165 Å². The summed E-state index contributed by atoms with van der Waals surface area (Å²) in [4.78, 5) is 23.8. The highest BCUT2D eigenvalue weighted by atomic mass is 16.5. The number of para-hydroxylation sites is 1. The lowest BCUT2D eigenvalue weighted by molar-refractivity contribution is -0.123. The normalized spacial score (nSPS) is 11.3. The van der Waals surface area contributed by atoms with Crippen LogP contribution >= 0.6 is 0 Å². The highest BCUT2D eigenvalue weighted by Crippen LogP contribution is 2.18. The van der Waals surface area contributed by atoms with Crippen molar-refractivity contribution in [3.8, 4) is 5.75 Å². The molecule has 146 valence electrons. The summed E-state index contributed by atoms with van der Waals surface area (Å²) < 4.78 is 5.22. The van der Waals surface area contributed by atoms with Crippen molar-refractivity contribution in [3.63, 3.8) is 0 Å². The Balaban J connectivity index is 1.82. The number of methoxy groups -OCH3 is 1. The fraction of sp³-hybridized carbons (Fsp3) is 0.227. The van der Waals surface area contributed by atoms with Crippen LogP contribution in [0.2, 0.25) is 0 Å². The number of rotatable bonds is 8. The molecular weight excluding hydrogens is 354 g/mol. The second-order valence-electron chi connectivity index (χ2n) is 6.08. The third-order valence-corrected chi connectivity index (χ3v) is 4.10. The van der Waals surface area contributed by atoms with Crippen molar-refractivity contribution < 1.29 is 14.3 Å². The number of hydrogen-bond donors (Lipinski definition) is 2. The van der Waals surface area contributed by atoms with Gasteiger partial charge in [0.2, 0.25) is 5.91 Å². The lowest BCUT2D eigenvalue weighted by atomic mass is 10.1. The Bertz CT molecular complexity index is 871. The van der Waals surface area contributed by atoms with E-state index in [1.807, 2.05) is 49.4 Å². The molecule has 28 heavy (non-hydrogen) atoms. The van der Waals surface area contributed by atoms with E-state index in [0.717, 1.165) is 17.5 Å². The van der Waals surface area contributed by atoms with E-state index in [1.54, 1.807) is 19.3 Å². The Morgan fingerprint density at radius 1 is 1.11 bits per heavy atom. The van der Waals surface area contributed by atoms with Gasteiger partial charge in [0, 0.05) is 11.6 Å². The molecule has 0 fully saturated rings. The summed E-state index contributed by atoms with van der Waals surface area (Å²) in [5.74, 6) is -0.110. The zero-order valence-electron chi connectivity index (χ0n) is 16.4. The van der Waals surface area contributed by atoms with Gasteiger partial charge in [0.25, 0.3) is 5.91 Å². The SMILES string of the molecule is CCc1ccc(/C(C)=N\NC(=O)CNC(=O)/C=C/c2ccccc2OC)cc1. The average Bonchev–Trinajstić information content (AvgIpc) is 2.74. The van der Waals surface area contributed by atoms with Crippen molar-refractivity contribution in [2.75, 3.05) is 13.7 Å². The highest BCUT2D eigenvalue weighted by molar-refractivity contribution is 5.99. The van der Waals surface area contributed by atoms with E-state index in [1.165, 1.54) is 11.6 Å². The van der Waals surface area contributed by atoms with Crippen LogP contribution in [0.4, 0.5) is 0 Å². The van der Waals surface area contributed by atoms with Crippen molar-refractivity contribution in [3.05, 3.63) is 71.3 Å². The molecule has 0 aromatic heterocycles. The quantitative estimate of drug-likeness (QED) is 0.420. The molecule has 0 aliphatic carbocycles. The van der Waals surface area contributed by atoms with Gasteiger partial charge in [-0.25, -0.2) is 5.43 Å². The van der Waals surface area contributed by atoms with Crippen molar-refractivity contribution in [1.82, 2.24) is 10.7 Å². The third-order valence-electron chi connectivity index (χ3n) is 4.10. The van der Waals surface area contributed by atoms with E-state index in [9.17, 15) is 9.59 Å². The Morgan fingerprint density at radius 2 is 1.82 bits per heavy atom. The predicted octanol–water partition coefficient (Wildman–Crippen LogP) is 2.93. The van der Waals surface area contributed by atoms with Crippen molar-refractivity contribution >= 4 is 23.6 Å². The van der Waals surface area contributed by atoms with Gasteiger partial charge in [-0.05, 0) is 36.6 Å². The first kappa shape index (κ1) is 20.9. The minimum atomic E-state index is -0.399. The van der Waals surface area contributed by atoms with E-state index < -0.39 is 5.91 Å². The van der Waals surface area contributed by atoms with Crippen LogP contribution in [0.1, 0.15) is 30.5 Å². The van der Waals surface area contributed by atoms with Gasteiger partial charge in [0.05, 0.1) is 19.4 Å². The van der Waals surface area contributed by atoms with Crippen LogP contribution in [0.5, 0.6) is 5.75 Å². The summed E-state index contributed by atoms with van der Waals surface area (Å²) in [5.41, 5.74) is 6.09. The molecule has 0 heterocycles. The van der Waals surface area contributed by atoms with Crippen LogP contribution < -0.4 is 15.5 Å². The van der Waals surface area contributed by atoms with E-state index >= 15 is 0 Å². The largest absolute Gasteiger partial charge is 0.496 e. The van der Waals surface area contributed by atoms with Gasteiger partial charge in [-0.3, -0.25) is 9.59 Å². The monoisotopic (exact) mass is 379 g/mol. The average molecular weight is 379 g/mol. The predicted molar refractivity (Wildman–Crippen MR) is 111 cm³/mol. The summed E-state index contributed by atoms with van der Waals surface area (Å²) >= 11 is 0. The number of nitrogens with one attached hydrogen (secondary N) is 2. The summed E-state index contributed by atoms with van der Waals surface area (Å²) in [7, 11) is 1.57. The first-order valence-corrected chi connectivity index (χ1v) is 9.05. The number of hydrogen-bond acceptors (Lipinski definition) is 4. The Morgan fingerprint density at radius 3 is 2.50 bits per heavy atom. The van der Waals surface area contributed by atoms with Gasteiger partial charge in [0.15, 0.2) is 0 Å². The summed E-state index contributed by atoms with van der Waals surface area (Å²) in [6, 6.07) is 15.3. The van der Waals surface area contributed by atoms with Gasteiger partial charge in [-0.2, -0.15) is 5.10 Å². The maximum absolute atomic E-state index is 11.9. The van der Waals surface area contributed by atoms with Gasteiger partial charge >= 0.3 is 0 Å². The zero-order chi connectivity index (χ0) is 20.4. The molecular formula is C22H25N3O3. The molecule has 2 aromatic carbocycles. The third kappa shape index (κ3) is 6.39. The van der Waals surface area contributed by atoms with E-state index in [2.05, 4.69) is 22.8 Å². The van der Waals surface area contributed by atoms with E-state index in [-0.39, 0.29) is 12.5 Å². The first-order valence-electron chi connectivity index (χ1n) is 9.05. The number of amides is 2. The van der Waals surface area contributed by atoms with Crippen LogP contribution in [0.3, 0.4) is 0 Å². The van der Waals surface area contributed by atoms with Crippen LogP contribution in [0, 0.1) is 0 Å². The number of carbonyl (C=O) groups is 2. The van der Waals surface area contributed by atoms with Gasteiger partial charge < -0.3 is 10.1 Å². The molecule has 2 N–H and O–H groups in total. The lowest BCUT2D eigenvalue weighted by Gasteiger charge is -2.05. The van der Waals surface area contributed by atoms with Gasteiger partial charge in [0.1, 0.15) is 5.75 Å². The molecule has 0 unspecified atom stereocenters. The molecule has 6 heteroatoms. The molecule has 0 radical (unpaired) electrons. The maximum Gasteiger partial charge on any atom is 0.259 e. The molecule has 2 rings (SSSR count). The Hall–Kier alpha value is -3.41. The van der Waals surface area contributed by atoms with Crippen LogP contribution in [-0.4, -0.2) is 31.2 Å². The fourth-order valence-corrected chi connectivity index (χ4v) is 2.43. The molecule has 6 nitrogen and oxygen atoms in total. The fourth-order valence-electron chi connectivity index (χ4n) is 2.43. The number of benzene rings is 2. The second kappa shape index (κ2) is 10.7. The van der Waals surface area contributed by atoms with Gasteiger partial charge in [-0.15, -0.1) is 0 Å². The molecule has 0 atom stereocenters. The molecule has 0 saturated heterocycles. The molecule has 0 bridgehead atoms. The Kier molecular flexibility index (Phi) is 7.96. The van der Waals surface area contributed by atoms with E-state index in [4.69, 9.17) is 4.74 Å². The molecule has 0 spiro atoms. The van der Waals surface area contributed by atoms with Crippen LogP contribution in [0.25, 0.3) is 6.08 Å². The standard InChI is InChI=1S/C22H25N3O3/c1-4-17-9-11-18(12-10-17)16(2)24-25-22(27)15-23-21(26)14-13-19-7-5-6-8-20(19)28-3/h5-14H,4,15H2,1-3H3,(H,23,26)(H,25,27)/b14-13+,24-16-. The minimum absolute atomic E-state index is 0.166. The molecule has 0 aliphatic heterocycles. The number of nitrogens with zero attached hydrogens (tertiary/aromatic N) is 1. The second-order valence-corrected chi connectivity index (χ2v) is 6.08. The zero-order valence-corrected chi connectivity index (χ0v) is 16.4. The lowest BCUT2D eigenvalue weighted by Crippen LogP contribution is -2.34. The topological polar surface area (TPSA) is 79.8 Å². The van der Waals surface area contributed by atoms with Crippen molar-refractivity contribution in [1.29, 1.82) is 0 Å². The smallest absolute Gasteiger partial charge is 0.259 e. The van der Waals surface area contributed by atoms with E-state index in [0.29, 0.717) is 11.5 Å². The maximum atomic E-state index is 11.9. The molecule has 2 aromatic rings. The van der Waals surface area contributed by atoms with Gasteiger partial charge in [-0.1, -0.05) is 49.4 Å². The van der Waals surface area contributed by atoms with Crippen LogP contribution in [0.15, 0.2) is 59.7 Å². The minimum Gasteiger partial charge on any atom is -0.496 e. The number of hydrazone groups is 1. The number of carbonyl (C=O) groups excluding carboxylic acids is 2. The molecule has 2 amide bonds. The number of aryl methyl sites for hydroxylation is 1. The molecule has 0 saturated carbocycles. The first-order chi connectivity index (χ1) is 13.5. The van der Waals surface area contributed by atoms with Crippen molar-refractivity contribution in [2.45, 2.75) is 20.3 Å². The van der Waals surface area contributed by atoms with Crippen LogP contribution in [-0.2, 0) is 16.0 Å². The molecule has 0 aliphatic rings. The highest BCUT2D eigenvalue weighted by Gasteiger charge is 2.04. The summed E-state index contributed by atoms with van der Waals surface area (Å²) in [6.07, 6.45) is 3.96. The van der Waals surface area contributed by atoms with Crippen molar-refractivity contribution in [2.24, 2.45) is 5.10 Å². The number of ether oxygens (including phenoxy) is 1.